The number of nitrogens with two attached hydrogens (primary N) is 1. The number of nitrogens with one attached hydrogen (secondary N) is 1. The molecule has 2 radical (unpaired) electrons. The van der Waals surface area contributed by atoms with Gasteiger partial charge in [-0.25, -0.2) is 4.98 Å². The van der Waals surface area contributed by atoms with E-state index >= 15 is 0 Å². The summed E-state index contributed by atoms with van der Waals surface area (Å²) in [5.74, 6) is -0.563. The predicted molar refractivity (Wildman–Crippen MR) is 59.4 cm³/mol. The first-order valence-corrected chi connectivity index (χ1v) is 4.48. The minimum Gasteiger partial charge on any atom is -0.481 e. The number of nitrogen functional groups attached to an aromatic ring is 1. The smallest absolute Gasteiger partial charge is 0.305 e. The summed E-state index contributed by atoms with van der Waals surface area (Å²) in [5.41, 5.74) is 6.63. The van der Waals surface area contributed by atoms with Gasteiger partial charge in [-0.3, -0.25) is 4.79 Å². The Kier molecular flexibility index (Phi) is 3.54. The van der Waals surface area contributed by atoms with E-state index in [1.54, 1.807) is 13.0 Å². The summed E-state index contributed by atoms with van der Waals surface area (Å²) in [6, 6.07) is 1.40. The van der Waals surface area contributed by atoms with Gasteiger partial charge in [0, 0.05) is 12.2 Å². The van der Waals surface area contributed by atoms with Crippen LogP contribution in [-0.2, 0) is 4.79 Å². The van der Waals surface area contributed by atoms with Crippen molar-refractivity contribution < 1.29 is 9.90 Å². The number of pyridine rings is 1. The molecule has 0 saturated carbocycles. The monoisotopic (exact) mass is 205 g/mol. The lowest BCUT2D eigenvalue weighted by atomic mass is 9.98. The van der Waals surface area contributed by atoms with Gasteiger partial charge in [0.25, 0.3) is 0 Å². The summed E-state index contributed by atoms with van der Waals surface area (Å²) in [5, 5.41) is 11.5. The van der Waals surface area contributed by atoms with Gasteiger partial charge in [0.05, 0.1) is 12.1 Å². The molecule has 1 aromatic heterocycles. The normalized spacial score (nSPS) is 12.1. The third-order valence-corrected chi connectivity index (χ3v) is 1.82. The topological polar surface area (TPSA) is 88.2 Å². The lowest BCUT2D eigenvalue weighted by Gasteiger charge is -2.14. The van der Waals surface area contributed by atoms with Crippen molar-refractivity contribution in [2.45, 2.75) is 19.4 Å². The fourth-order valence-corrected chi connectivity index (χ4v) is 1.19. The van der Waals surface area contributed by atoms with Gasteiger partial charge in [0.2, 0.25) is 0 Å². The summed E-state index contributed by atoms with van der Waals surface area (Å²) in [7, 11) is 5.53. The maximum absolute atomic E-state index is 10.4. The maximum atomic E-state index is 10.4. The van der Waals surface area contributed by atoms with Gasteiger partial charge in [-0.2, -0.15) is 0 Å². The highest BCUT2D eigenvalue weighted by Crippen LogP contribution is 2.14. The van der Waals surface area contributed by atoms with Crippen LogP contribution in [0.5, 0.6) is 0 Å². The van der Waals surface area contributed by atoms with E-state index < -0.39 is 5.97 Å². The zero-order chi connectivity index (χ0) is 11.4. The first-order valence-electron chi connectivity index (χ1n) is 4.48. The summed E-state index contributed by atoms with van der Waals surface area (Å²) >= 11 is 0. The van der Waals surface area contributed by atoms with Crippen molar-refractivity contribution in [2.75, 3.05) is 11.1 Å². The number of carboxylic acid groups (broad SMARTS) is 1. The second kappa shape index (κ2) is 4.68. The first kappa shape index (κ1) is 11.4. The van der Waals surface area contributed by atoms with E-state index in [1.807, 2.05) is 0 Å². The van der Waals surface area contributed by atoms with Crippen molar-refractivity contribution in [3.05, 3.63) is 12.3 Å². The molecular weight excluding hydrogens is 193 g/mol. The summed E-state index contributed by atoms with van der Waals surface area (Å²) in [4.78, 5) is 14.3. The number of anilines is 2. The maximum Gasteiger partial charge on any atom is 0.305 e. The highest BCUT2D eigenvalue weighted by atomic mass is 16.4. The van der Waals surface area contributed by atoms with Crippen LogP contribution in [0.3, 0.4) is 0 Å². The van der Waals surface area contributed by atoms with E-state index in [9.17, 15) is 4.79 Å². The second-order valence-corrected chi connectivity index (χ2v) is 3.34. The Morgan fingerprint density at radius 2 is 2.47 bits per heavy atom. The molecule has 0 amide bonds. The molecule has 78 valence electrons. The molecule has 4 N–H and O–H groups in total. The lowest BCUT2D eigenvalue weighted by Crippen LogP contribution is -2.21. The van der Waals surface area contributed by atoms with Gasteiger partial charge < -0.3 is 16.2 Å². The van der Waals surface area contributed by atoms with Crippen molar-refractivity contribution in [1.29, 1.82) is 0 Å². The van der Waals surface area contributed by atoms with Crippen LogP contribution in [0.4, 0.5) is 11.5 Å². The van der Waals surface area contributed by atoms with E-state index in [1.165, 1.54) is 6.20 Å². The van der Waals surface area contributed by atoms with Crippen LogP contribution in [0.1, 0.15) is 13.3 Å². The lowest BCUT2D eigenvalue weighted by molar-refractivity contribution is -0.137. The fourth-order valence-electron chi connectivity index (χ4n) is 1.19. The molecule has 1 atom stereocenters. The Balaban J connectivity index is 2.71. The highest BCUT2D eigenvalue weighted by Gasteiger charge is 2.09. The molecule has 1 rings (SSSR count). The zero-order valence-electron chi connectivity index (χ0n) is 8.40. The van der Waals surface area contributed by atoms with Crippen LogP contribution < -0.4 is 16.5 Å². The van der Waals surface area contributed by atoms with Crippen LogP contribution in [0.15, 0.2) is 12.3 Å². The van der Waals surface area contributed by atoms with Crippen LogP contribution >= 0.6 is 0 Å². The van der Waals surface area contributed by atoms with Crippen molar-refractivity contribution in [1.82, 2.24) is 4.98 Å². The molecule has 0 spiro atoms. The highest BCUT2D eigenvalue weighted by molar-refractivity contribution is 6.32. The Morgan fingerprint density at radius 3 is 3.07 bits per heavy atom. The molecule has 5 nitrogen and oxygen atoms in total. The molecule has 0 aliphatic rings. The number of aromatic nitrogens is 1. The molecular formula is C9H12BN3O2. The number of carbonyl (C=O) groups is 1. The van der Waals surface area contributed by atoms with Gasteiger partial charge in [-0.1, -0.05) is 5.46 Å². The number of hydrogen-bond acceptors (Lipinski definition) is 4. The Bertz CT molecular complexity index is 370. The van der Waals surface area contributed by atoms with Crippen molar-refractivity contribution in [3.8, 4) is 0 Å². The fraction of sp³-hybridized carbons (Fsp3) is 0.333. The number of aliphatic carboxylic acids is 1. The molecule has 0 aliphatic heterocycles. The van der Waals surface area contributed by atoms with E-state index in [0.29, 0.717) is 17.0 Å². The van der Waals surface area contributed by atoms with E-state index in [4.69, 9.17) is 18.7 Å². The number of rotatable bonds is 4. The minimum atomic E-state index is -0.870. The summed E-state index contributed by atoms with van der Waals surface area (Å²) in [6.45, 7) is 1.75. The second-order valence-electron chi connectivity index (χ2n) is 3.34. The Hall–Kier alpha value is -1.72. The zero-order valence-corrected chi connectivity index (χ0v) is 8.40. The third kappa shape index (κ3) is 3.49. The largest absolute Gasteiger partial charge is 0.481 e. The standard InChI is InChI=1S/C9H12BN3O2/c1-5(2-8(14)15)13-7-3-6(10)4-12-9(7)11/h3-5,13H,2H2,1H3,(H2,11,12)(H,14,15)/t5-/m1/s1. The Morgan fingerprint density at radius 1 is 1.80 bits per heavy atom. The van der Waals surface area contributed by atoms with Gasteiger partial charge >= 0.3 is 5.97 Å². The molecule has 6 heteroatoms. The van der Waals surface area contributed by atoms with E-state index in [2.05, 4.69) is 10.3 Å². The average Bonchev–Trinajstić information content (AvgIpc) is 2.10. The third-order valence-electron chi connectivity index (χ3n) is 1.82. The molecule has 1 aromatic rings. The van der Waals surface area contributed by atoms with Crippen LogP contribution in [0.25, 0.3) is 0 Å². The predicted octanol–water partition coefficient (Wildman–Crippen LogP) is -0.267. The van der Waals surface area contributed by atoms with Crippen LogP contribution in [-0.4, -0.2) is 29.9 Å². The minimum absolute atomic E-state index is 0.00817. The molecule has 0 saturated heterocycles. The van der Waals surface area contributed by atoms with E-state index in [0.717, 1.165) is 0 Å². The Labute approximate surface area is 89.1 Å². The molecule has 0 unspecified atom stereocenters. The SMILES string of the molecule is [B]c1cnc(N)c(N[C@H](C)CC(=O)O)c1. The summed E-state index contributed by atoms with van der Waals surface area (Å²) in [6.07, 6.45) is 1.45. The molecule has 15 heavy (non-hydrogen) atoms. The van der Waals surface area contributed by atoms with Gasteiger partial charge in [0.1, 0.15) is 13.7 Å². The quantitative estimate of drug-likeness (QED) is 0.589. The van der Waals surface area contributed by atoms with Crippen LogP contribution in [0, 0.1) is 0 Å². The number of hydrogen-bond donors (Lipinski definition) is 3. The molecule has 1 heterocycles. The first-order chi connectivity index (χ1) is 6.99. The van der Waals surface area contributed by atoms with E-state index in [-0.39, 0.29) is 12.5 Å². The number of carboxylic acids is 1. The molecule has 0 fully saturated rings. The number of nitrogens with zero attached hydrogens (tertiary/aromatic N) is 1. The van der Waals surface area contributed by atoms with Crippen molar-refractivity contribution in [3.63, 3.8) is 0 Å². The van der Waals surface area contributed by atoms with Crippen LogP contribution in [0.2, 0.25) is 0 Å². The molecule has 0 aliphatic carbocycles. The van der Waals surface area contributed by atoms with Gasteiger partial charge in [-0.05, 0) is 13.0 Å². The van der Waals surface area contributed by atoms with Crippen molar-refractivity contribution in [2.24, 2.45) is 0 Å². The van der Waals surface area contributed by atoms with Crippen molar-refractivity contribution >= 4 is 30.8 Å². The molecule has 0 bridgehead atoms. The summed E-state index contributed by atoms with van der Waals surface area (Å²) < 4.78 is 0. The van der Waals surface area contributed by atoms with Gasteiger partial charge in [-0.15, -0.1) is 0 Å². The average molecular weight is 205 g/mol. The molecule has 0 aromatic carbocycles. The van der Waals surface area contributed by atoms with Gasteiger partial charge in [0.15, 0.2) is 0 Å².